The lowest BCUT2D eigenvalue weighted by molar-refractivity contribution is -0.136. The van der Waals surface area contributed by atoms with Crippen LogP contribution < -0.4 is 0 Å². The Morgan fingerprint density at radius 3 is 3.00 bits per heavy atom. The van der Waals surface area contributed by atoms with Gasteiger partial charge in [0.1, 0.15) is 5.82 Å². The van der Waals surface area contributed by atoms with Crippen LogP contribution in [0.5, 0.6) is 0 Å². The van der Waals surface area contributed by atoms with Crippen LogP contribution in [-0.2, 0) is 11.2 Å². The van der Waals surface area contributed by atoms with Crippen molar-refractivity contribution >= 4 is 17.6 Å². The zero-order valence-electron chi connectivity index (χ0n) is 6.41. The highest BCUT2D eigenvalue weighted by molar-refractivity contribution is 6.31. The summed E-state index contributed by atoms with van der Waals surface area (Å²) in [5, 5.41) is 8.76. The van der Waals surface area contributed by atoms with Crippen LogP contribution in [0.15, 0.2) is 6.20 Å². The molecule has 0 aromatic carbocycles. The Hall–Kier alpha value is -1.16. The van der Waals surface area contributed by atoms with Crippen molar-refractivity contribution in [2.45, 2.75) is 13.3 Å². The number of rotatable bonds is 2. The van der Waals surface area contributed by atoms with Gasteiger partial charge in [-0.1, -0.05) is 11.6 Å². The topological polar surface area (TPSA) is 63.1 Å². The minimum absolute atomic E-state index is 0.164. The molecule has 64 valence electrons. The van der Waals surface area contributed by atoms with Gasteiger partial charge in [0.05, 0.1) is 17.1 Å². The number of hydrogen-bond acceptors (Lipinski definition) is 3. The number of aromatic nitrogens is 2. The van der Waals surface area contributed by atoms with Crippen LogP contribution in [0.4, 0.5) is 0 Å². The fourth-order valence-electron chi connectivity index (χ4n) is 0.769. The Morgan fingerprint density at radius 1 is 1.75 bits per heavy atom. The second-order valence-electron chi connectivity index (χ2n) is 2.28. The van der Waals surface area contributed by atoms with Gasteiger partial charge in [0.25, 0.3) is 0 Å². The highest BCUT2D eigenvalue weighted by atomic mass is 35.5. The molecule has 0 atom stereocenters. The molecule has 0 unspecified atom stereocenters. The molecule has 0 spiro atoms. The summed E-state index contributed by atoms with van der Waals surface area (Å²) in [5.74, 6) is -0.425. The predicted octanol–water partition coefficient (Wildman–Crippen LogP) is 1.07. The van der Waals surface area contributed by atoms with Crippen LogP contribution >= 0.6 is 11.6 Å². The molecule has 0 saturated heterocycles. The van der Waals surface area contributed by atoms with E-state index in [1.165, 1.54) is 6.20 Å². The van der Waals surface area contributed by atoms with Crippen LogP contribution in [0.3, 0.4) is 0 Å². The summed E-state index contributed by atoms with van der Waals surface area (Å²) in [5.41, 5.74) is 0.358. The highest BCUT2D eigenvalue weighted by Crippen LogP contribution is 2.12. The average Bonchev–Trinajstić information content (AvgIpc) is 1.96. The number of nitrogens with zero attached hydrogens (tertiary/aromatic N) is 2. The van der Waals surface area contributed by atoms with Crippen LogP contribution in [0, 0.1) is 6.92 Å². The Kier molecular flexibility index (Phi) is 2.60. The van der Waals surface area contributed by atoms with Gasteiger partial charge in [-0.05, 0) is 6.92 Å². The van der Waals surface area contributed by atoms with Crippen LogP contribution in [0.25, 0.3) is 0 Å². The number of halogens is 1. The van der Waals surface area contributed by atoms with E-state index in [0.29, 0.717) is 16.5 Å². The molecule has 1 N–H and O–H groups in total. The first-order valence-corrected chi connectivity index (χ1v) is 3.67. The zero-order valence-corrected chi connectivity index (χ0v) is 7.17. The number of carboxylic acid groups (broad SMARTS) is 1. The molecule has 1 heterocycles. The SMILES string of the molecule is Cc1ncc(Cl)c(CC(=O)O)n1. The Bertz CT molecular complexity index is 314. The normalized spacial score (nSPS) is 9.83. The lowest BCUT2D eigenvalue weighted by Gasteiger charge is -1.99. The Morgan fingerprint density at radius 2 is 2.42 bits per heavy atom. The second-order valence-corrected chi connectivity index (χ2v) is 2.69. The predicted molar refractivity (Wildman–Crippen MR) is 43.1 cm³/mol. The van der Waals surface area contributed by atoms with Gasteiger partial charge in [-0.3, -0.25) is 4.79 Å². The molecule has 0 fully saturated rings. The van der Waals surface area contributed by atoms with Crippen LogP contribution in [0.2, 0.25) is 5.02 Å². The second kappa shape index (κ2) is 3.49. The molecular weight excluding hydrogens is 180 g/mol. The summed E-state index contributed by atoms with van der Waals surface area (Å²) in [7, 11) is 0. The van der Waals surface area contributed by atoms with E-state index in [-0.39, 0.29) is 6.42 Å². The molecule has 1 aromatic rings. The van der Waals surface area contributed by atoms with Gasteiger partial charge in [0.2, 0.25) is 0 Å². The third-order valence-electron chi connectivity index (χ3n) is 1.26. The largest absolute Gasteiger partial charge is 0.481 e. The number of aryl methyl sites for hydroxylation is 1. The van der Waals surface area contributed by atoms with Gasteiger partial charge in [0, 0.05) is 6.20 Å². The van der Waals surface area contributed by atoms with E-state index in [9.17, 15) is 4.79 Å². The van der Waals surface area contributed by atoms with E-state index < -0.39 is 5.97 Å². The Balaban J connectivity index is 2.97. The minimum Gasteiger partial charge on any atom is -0.481 e. The molecule has 1 rings (SSSR count). The van der Waals surface area contributed by atoms with Crippen molar-refractivity contribution in [3.8, 4) is 0 Å². The van der Waals surface area contributed by atoms with E-state index in [2.05, 4.69) is 9.97 Å². The van der Waals surface area contributed by atoms with Gasteiger partial charge in [-0.15, -0.1) is 0 Å². The summed E-state index contributed by atoms with van der Waals surface area (Å²) in [6.07, 6.45) is 1.24. The molecule has 0 aliphatic carbocycles. The number of carbonyl (C=O) groups is 1. The van der Waals surface area contributed by atoms with Crippen molar-refractivity contribution in [1.82, 2.24) is 9.97 Å². The Labute approximate surface area is 74.2 Å². The highest BCUT2D eigenvalue weighted by Gasteiger charge is 2.07. The molecule has 1 aromatic heterocycles. The van der Waals surface area contributed by atoms with Crippen molar-refractivity contribution in [3.63, 3.8) is 0 Å². The van der Waals surface area contributed by atoms with E-state index >= 15 is 0 Å². The maximum absolute atomic E-state index is 10.3. The third-order valence-corrected chi connectivity index (χ3v) is 1.57. The first kappa shape index (κ1) is 8.93. The quantitative estimate of drug-likeness (QED) is 0.751. The maximum atomic E-state index is 10.3. The maximum Gasteiger partial charge on any atom is 0.309 e. The lowest BCUT2D eigenvalue weighted by Crippen LogP contribution is -2.04. The van der Waals surface area contributed by atoms with Crippen molar-refractivity contribution in [2.24, 2.45) is 0 Å². The number of hydrogen-bond donors (Lipinski definition) is 1. The molecule has 0 aliphatic heterocycles. The van der Waals surface area contributed by atoms with E-state index in [1.54, 1.807) is 6.92 Å². The average molecular weight is 187 g/mol. The van der Waals surface area contributed by atoms with E-state index in [4.69, 9.17) is 16.7 Å². The minimum atomic E-state index is -0.949. The molecule has 0 aliphatic rings. The van der Waals surface area contributed by atoms with Crippen LogP contribution in [-0.4, -0.2) is 21.0 Å². The van der Waals surface area contributed by atoms with Gasteiger partial charge >= 0.3 is 5.97 Å². The molecular formula is C7H7ClN2O2. The monoisotopic (exact) mass is 186 g/mol. The summed E-state index contributed by atoms with van der Waals surface area (Å²) >= 11 is 5.65. The number of aliphatic carboxylic acids is 1. The molecule has 12 heavy (non-hydrogen) atoms. The smallest absolute Gasteiger partial charge is 0.309 e. The lowest BCUT2D eigenvalue weighted by atomic mass is 10.3. The first-order valence-electron chi connectivity index (χ1n) is 3.29. The third kappa shape index (κ3) is 2.17. The van der Waals surface area contributed by atoms with E-state index in [1.807, 2.05) is 0 Å². The fourth-order valence-corrected chi connectivity index (χ4v) is 0.927. The summed E-state index contributed by atoms with van der Waals surface area (Å²) in [6, 6.07) is 0. The molecule has 5 heteroatoms. The molecule has 4 nitrogen and oxygen atoms in total. The molecule has 0 amide bonds. The zero-order chi connectivity index (χ0) is 9.14. The van der Waals surface area contributed by atoms with Gasteiger partial charge in [-0.2, -0.15) is 0 Å². The molecule has 0 bridgehead atoms. The molecule has 0 saturated carbocycles. The van der Waals surface area contributed by atoms with Gasteiger partial charge in [0.15, 0.2) is 0 Å². The van der Waals surface area contributed by atoms with Gasteiger partial charge < -0.3 is 5.11 Å². The standard InChI is InChI=1S/C7H7ClN2O2/c1-4-9-3-5(8)6(10-4)2-7(11)12/h3H,2H2,1H3,(H,11,12). The van der Waals surface area contributed by atoms with Crippen molar-refractivity contribution in [2.75, 3.05) is 0 Å². The fraction of sp³-hybridized carbons (Fsp3) is 0.286. The summed E-state index contributed by atoms with van der Waals surface area (Å²) < 4.78 is 0. The van der Waals surface area contributed by atoms with Crippen molar-refractivity contribution in [3.05, 3.63) is 22.7 Å². The summed E-state index contributed by atoms with van der Waals surface area (Å²) in [4.78, 5) is 18.0. The van der Waals surface area contributed by atoms with E-state index in [0.717, 1.165) is 0 Å². The molecule has 0 radical (unpaired) electrons. The van der Waals surface area contributed by atoms with Crippen LogP contribution in [0.1, 0.15) is 11.5 Å². The number of carboxylic acids is 1. The first-order chi connectivity index (χ1) is 5.59. The summed E-state index contributed by atoms with van der Waals surface area (Å²) in [6.45, 7) is 1.68. The van der Waals surface area contributed by atoms with Crippen molar-refractivity contribution < 1.29 is 9.90 Å². The van der Waals surface area contributed by atoms with Crippen molar-refractivity contribution in [1.29, 1.82) is 0 Å². The van der Waals surface area contributed by atoms with Gasteiger partial charge in [-0.25, -0.2) is 9.97 Å².